The number of likely N-dealkylation sites (N-methyl/N-ethyl adjacent to an activating group) is 1. The molecule has 1 aromatic heterocycles. The topological polar surface area (TPSA) is 79.4 Å². The highest BCUT2D eigenvalue weighted by atomic mass is 16.5. The lowest BCUT2D eigenvalue weighted by molar-refractivity contribution is 0.0951. The summed E-state index contributed by atoms with van der Waals surface area (Å²) >= 11 is 0. The zero-order chi connectivity index (χ0) is 23.2. The number of fused-ring (bicyclic) bond motifs is 7. The lowest BCUT2D eigenvalue weighted by Gasteiger charge is -2.13. The normalized spacial score (nSPS) is 14.1. The lowest BCUT2D eigenvalue weighted by Crippen LogP contribution is -2.31. The molecule has 7 nitrogen and oxygen atoms in total. The fraction of sp³-hybridized carbons (Fsp3) is 0.269. The Kier molecular flexibility index (Phi) is 7.12. The first-order valence-electron chi connectivity index (χ1n) is 11.0. The van der Waals surface area contributed by atoms with Gasteiger partial charge >= 0.3 is 0 Å². The maximum Gasteiger partial charge on any atom is 0.251 e. The smallest absolute Gasteiger partial charge is 0.251 e. The van der Waals surface area contributed by atoms with Gasteiger partial charge in [0.25, 0.3) is 5.91 Å². The van der Waals surface area contributed by atoms with Gasteiger partial charge in [-0.3, -0.25) is 4.79 Å². The summed E-state index contributed by atoms with van der Waals surface area (Å²) in [4.78, 5) is 24.0. The third kappa shape index (κ3) is 6.03. The highest BCUT2D eigenvalue weighted by Crippen LogP contribution is 2.25. The van der Waals surface area contributed by atoms with Crippen molar-refractivity contribution in [3.8, 4) is 11.3 Å². The number of hydrogen-bond donors (Lipinski definition) is 2. The number of aromatic nitrogens is 2. The minimum atomic E-state index is -0.120. The molecule has 170 valence electrons. The molecule has 2 aromatic carbocycles. The van der Waals surface area contributed by atoms with Gasteiger partial charge < -0.3 is 20.3 Å². The molecule has 0 unspecified atom stereocenters. The van der Waals surface area contributed by atoms with Crippen LogP contribution in [0, 0.1) is 6.92 Å². The second kappa shape index (κ2) is 10.4. The third-order valence-corrected chi connectivity index (χ3v) is 5.28. The minimum absolute atomic E-state index is 0.120. The van der Waals surface area contributed by atoms with E-state index in [1.165, 1.54) is 0 Å². The van der Waals surface area contributed by atoms with Crippen LogP contribution >= 0.6 is 0 Å². The highest BCUT2D eigenvalue weighted by Gasteiger charge is 2.12. The Hall–Kier alpha value is -3.55. The van der Waals surface area contributed by atoms with Crippen molar-refractivity contribution >= 4 is 23.6 Å². The highest BCUT2D eigenvalue weighted by molar-refractivity contribution is 5.96. The maximum atomic E-state index is 12.8. The molecule has 0 saturated carbocycles. The SMILES string of the molecule is Cc1cnc2nc1-c1cccc(c1)COC/C=C/c1cc(cc(C(=O)NCCN(C)C)c1)N2. The van der Waals surface area contributed by atoms with Crippen molar-refractivity contribution in [1.82, 2.24) is 20.2 Å². The number of ether oxygens (including phenoxy) is 1. The van der Waals surface area contributed by atoms with Crippen molar-refractivity contribution in [2.24, 2.45) is 0 Å². The van der Waals surface area contributed by atoms with E-state index in [4.69, 9.17) is 9.72 Å². The Labute approximate surface area is 194 Å². The van der Waals surface area contributed by atoms with E-state index in [2.05, 4.69) is 21.7 Å². The summed E-state index contributed by atoms with van der Waals surface area (Å²) in [6.07, 6.45) is 5.72. The predicted octanol–water partition coefficient (Wildman–Crippen LogP) is 4.03. The van der Waals surface area contributed by atoms with Gasteiger partial charge in [0, 0.05) is 36.1 Å². The van der Waals surface area contributed by atoms with Crippen molar-refractivity contribution < 1.29 is 9.53 Å². The molecule has 33 heavy (non-hydrogen) atoms. The molecule has 0 saturated heterocycles. The van der Waals surface area contributed by atoms with Gasteiger partial charge in [-0.15, -0.1) is 0 Å². The van der Waals surface area contributed by atoms with E-state index in [-0.39, 0.29) is 5.91 Å². The number of anilines is 2. The standard InChI is InChI=1S/C26H29N5O2/c1-18-16-28-26-29-23-14-19(12-22(15-23)25(32)27-9-10-31(2)3)7-5-11-33-17-20-6-4-8-21(13-20)24(18)30-26/h4-8,12-16H,9-11,17H2,1-3H3,(H,27,32)(H,28,29,30)/b7-5+. The number of carbonyl (C=O) groups excluding carboxylic acids is 1. The van der Waals surface area contributed by atoms with Gasteiger partial charge in [0.1, 0.15) is 0 Å². The molecule has 0 atom stereocenters. The van der Waals surface area contributed by atoms with Crippen LogP contribution in [-0.4, -0.2) is 54.6 Å². The van der Waals surface area contributed by atoms with Gasteiger partial charge in [-0.2, -0.15) is 0 Å². The van der Waals surface area contributed by atoms with Gasteiger partial charge in [-0.1, -0.05) is 30.4 Å². The summed E-state index contributed by atoms with van der Waals surface area (Å²) in [6, 6.07) is 13.9. The summed E-state index contributed by atoms with van der Waals surface area (Å²) in [5.41, 5.74) is 6.15. The van der Waals surface area contributed by atoms with E-state index in [1.807, 2.05) is 80.7 Å². The second-order valence-corrected chi connectivity index (χ2v) is 8.37. The van der Waals surface area contributed by atoms with E-state index >= 15 is 0 Å². The van der Waals surface area contributed by atoms with Crippen LogP contribution in [0.4, 0.5) is 11.6 Å². The Balaban J connectivity index is 1.69. The zero-order valence-corrected chi connectivity index (χ0v) is 19.3. The quantitative estimate of drug-likeness (QED) is 0.634. The van der Waals surface area contributed by atoms with Crippen LogP contribution < -0.4 is 10.6 Å². The van der Waals surface area contributed by atoms with E-state index in [9.17, 15) is 4.79 Å². The summed E-state index contributed by atoms with van der Waals surface area (Å²) < 4.78 is 5.84. The van der Waals surface area contributed by atoms with Gasteiger partial charge in [-0.05, 0) is 62.0 Å². The Bertz CT molecular complexity index is 1170. The first-order valence-corrected chi connectivity index (χ1v) is 11.0. The number of benzene rings is 2. The van der Waals surface area contributed by atoms with E-state index < -0.39 is 0 Å². The van der Waals surface area contributed by atoms with Crippen molar-refractivity contribution in [1.29, 1.82) is 0 Å². The van der Waals surface area contributed by atoms with Crippen LogP contribution in [0.25, 0.3) is 17.3 Å². The number of carbonyl (C=O) groups is 1. The van der Waals surface area contributed by atoms with Crippen molar-refractivity contribution in [2.45, 2.75) is 13.5 Å². The molecule has 0 aliphatic carbocycles. The monoisotopic (exact) mass is 443 g/mol. The first-order chi connectivity index (χ1) is 16.0. The Morgan fingerprint density at radius 2 is 2.09 bits per heavy atom. The fourth-order valence-electron chi connectivity index (χ4n) is 3.61. The molecule has 3 aromatic rings. The minimum Gasteiger partial charge on any atom is -0.373 e. The number of amides is 1. The molecule has 6 bridgehead atoms. The van der Waals surface area contributed by atoms with Crippen molar-refractivity contribution in [3.05, 3.63) is 77.0 Å². The van der Waals surface area contributed by atoms with Gasteiger partial charge in [0.15, 0.2) is 0 Å². The van der Waals surface area contributed by atoms with Crippen LogP contribution in [-0.2, 0) is 11.3 Å². The Morgan fingerprint density at radius 3 is 2.94 bits per heavy atom. The maximum absolute atomic E-state index is 12.8. The molecule has 1 aliphatic heterocycles. The van der Waals surface area contributed by atoms with E-state index in [1.54, 1.807) is 0 Å². The molecule has 7 heteroatoms. The summed E-state index contributed by atoms with van der Waals surface area (Å²) in [7, 11) is 3.95. The molecule has 4 rings (SSSR count). The summed E-state index contributed by atoms with van der Waals surface area (Å²) in [5.74, 6) is 0.359. The van der Waals surface area contributed by atoms with E-state index in [0.29, 0.717) is 31.3 Å². The molecule has 2 heterocycles. The number of rotatable bonds is 4. The second-order valence-electron chi connectivity index (χ2n) is 8.37. The fourth-order valence-corrected chi connectivity index (χ4v) is 3.61. The zero-order valence-electron chi connectivity index (χ0n) is 19.3. The molecule has 2 N–H and O–H groups in total. The molecule has 1 aliphatic rings. The van der Waals surface area contributed by atoms with Crippen LogP contribution in [0.5, 0.6) is 0 Å². The molecular formula is C26H29N5O2. The summed E-state index contributed by atoms with van der Waals surface area (Å²) in [5, 5.41) is 6.26. The lowest BCUT2D eigenvalue weighted by atomic mass is 10.1. The van der Waals surface area contributed by atoms with Gasteiger partial charge in [0.05, 0.1) is 18.9 Å². The third-order valence-electron chi connectivity index (χ3n) is 5.28. The van der Waals surface area contributed by atoms with Crippen LogP contribution in [0.2, 0.25) is 0 Å². The van der Waals surface area contributed by atoms with Crippen LogP contribution in [0.3, 0.4) is 0 Å². The largest absolute Gasteiger partial charge is 0.373 e. The van der Waals surface area contributed by atoms with Crippen LogP contribution in [0.1, 0.15) is 27.0 Å². The number of nitrogens with one attached hydrogen (secondary N) is 2. The van der Waals surface area contributed by atoms with E-state index in [0.717, 1.165) is 40.2 Å². The van der Waals surface area contributed by atoms with Crippen molar-refractivity contribution in [2.75, 3.05) is 39.1 Å². The average Bonchev–Trinajstić information content (AvgIpc) is 2.79. The predicted molar refractivity (Wildman–Crippen MR) is 132 cm³/mol. The van der Waals surface area contributed by atoms with Crippen LogP contribution in [0.15, 0.2) is 54.7 Å². The summed E-state index contributed by atoms with van der Waals surface area (Å²) in [6.45, 7) is 4.32. The van der Waals surface area contributed by atoms with Crippen molar-refractivity contribution in [3.63, 3.8) is 0 Å². The van der Waals surface area contributed by atoms with Gasteiger partial charge in [-0.25, -0.2) is 9.97 Å². The number of aryl methyl sites for hydroxylation is 1. The molecule has 0 fully saturated rings. The Morgan fingerprint density at radius 1 is 1.21 bits per heavy atom. The molecule has 0 spiro atoms. The molecule has 0 radical (unpaired) electrons. The number of hydrogen-bond acceptors (Lipinski definition) is 6. The average molecular weight is 444 g/mol. The first kappa shape index (κ1) is 22.6. The number of nitrogens with zero attached hydrogens (tertiary/aromatic N) is 3. The molecular weight excluding hydrogens is 414 g/mol. The molecule has 1 amide bonds. The van der Waals surface area contributed by atoms with Gasteiger partial charge in [0.2, 0.25) is 5.95 Å².